The molecule has 2 rings (SSSR count). The maximum atomic E-state index is 5.24. The summed E-state index contributed by atoms with van der Waals surface area (Å²) in [4.78, 5) is 0. The standard InChI is InChI=1S/C11H11Br2N3S/c1-6(2)16-10(14-15-11(16)17)8-4-3-7(12)5-9(8)13/h3-6H,1-2H3,(H,15,17). The number of aromatic amines is 1. The first kappa shape index (κ1) is 13.0. The highest BCUT2D eigenvalue weighted by Gasteiger charge is 2.13. The number of rotatable bonds is 2. The summed E-state index contributed by atoms with van der Waals surface area (Å²) in [6, 6.07) is 6.27. The Kier molecular flexibility index (Phi) is 3.85. The molecule has 1 heterocycles. The molecule has 17 heavy (non-hydrogen) atoms. The summed E-state index contributed by atoms with van der Waals surface area (Å²) >= 11 is 12.2. The third-order valence-electron chi connectivity index (χ3n) is 2.39. The van der Waals surface area contributed by atoms with Gasteiger partial charge in [-0.15, -0.1) is 0 Å². The molecule has 1 N–H and O–H groups in total. The second kappa shape index (κ2) is 5.04. The van der Waals surface area contributed by atoms with Crippen molar-refractivity contribution in [2.24, 2.45) is 0 Å². The first-order chi connectivity index (χ1) is 8.00. The highest BCUT2D eigenvalue weighted by molar-refractivity contribution is 9.11. The van der Waals surface area contributed by atoms with Gasteiger partial charge in [-0.25, -0.2) is 0 Å². The molecule has 1 aromatic heterocycles. The molecule has 0 aliphatic heterocycles. The maximum Gasteiger partial charge on any atom is 0.195 e. The molecule has 0 fully saturated rings. The van der Waals surface area contributed by atoms with Crippen LogP contribution in [0.3, 0.4) is 0 Å². The monoisotopic (exact) mass is 375 g/mol. The van der Waals surface area contributed by atoms with Crippen molar-refractivity contribution >= 4 is 44.1 Å². The number of hydrogen-bond donors (Lipinski definition) is 1. The molecule has 6 heteroatoms. The summed E-state index contributed by atoms with van der Waals surface area (Å²) in [7, 11) is 0. The lowest BCUT2D eigenvalue weighted by atomic mass is 10.2. The van der Waals surface area contributed by atoms with E-state index in [4.69, 9.17) is 12.2 Å². The molecule has 0 aliphatic carbocycles. The normalized spacial score (nSPS) is 11.1. The van der Waals surface area contributed by atoms with E-state index in [-0.39, 0.29) is 6.04 Å². The van der Waals surface area contributed by atoms with Gasteiger partial charge in [-0.3, -0.25) is 9.67 Å². The van der Waals surface area contributed by atoms with Crippen molar-refractivity contribution in [1.29, 1.82) is 0 Å². The van der Waals surface area contributed by atoms with E-state index in [1.807, 2.05) is 22.8 Å². The Bertz CT molecular complexity index is 601. The summed E-state index contributed by atoms with van der Waals surface area (Å²) in [5, 5.41) is 7.14. The van der Waals surface area contributed by atoms with Crippen LogP contribution in [-0.4, -0.2) is 14.8 Å². The molecule has 0 saturated heterocycles. The Balaban J connectivity index is 2.65. The van der Waals surface area contributed by atoms with E-state index in [1.54, 1.807) is 0 Å². The van der Waals surface area contributed by atoms with Crippen molar-refractivity contribution in [3.05, 3.63) is 31.9 Å². The zero-order valence-corrected chi connectivity index (χ0v) is 13.4. The van der Waals surface area contributed by atoms with Crippen molar-refractivity contribution in [1.82, 2.24) is 14.8 Å². The van der Waals surface area contributed by atoms with Gasteiger partial charge in [0.25, 0.3) is 0 Å². The fraction of sp³-hybridized carbons (Fsp3) is 0.273. The zero-order valence-electron chi connectivity index (χ0n) is 9.37. The Hall–Kier alpha value is -0.460. The summed E-state index contributed by atoms with van der Waals surface area (Å²) in [5.74, 6) is 0.851. The Morgan fingerprint density at radius 2 is 2.06 bits per heavy atom. The average Bonchev–Trinajstić information content (AvgIpc) is 2.60. The van der Waals surface area contributed by atoms with E-state index in [2.05, 4.69) is 55.9 Å². The second-order valence-electron chi connectivity index (χ2n) is 3.94. The van der Waals surface area contributed by atoms with Gasteiger partial charge in [0.1, 0.15) is 0 Å². The van der Waals surface area contributed by atoms with E-state index < -0.39 is 0 Å². The molecule has 0 atom stereocenters. The number of hydrogen-bond acceptors (Lipinski definition) is 2. The van der Waals surface area contributed by atoms with Crippen molar-refractivity contribution < 1.29 is 0 Å². The number of aromatic nitrogens is 3. The zero-order chi connectivity index (χ0) is 12.6. The van der Waals surface area contributed by atoms with Crippen LogP contribution in [0, 0.1) is 4.77 Å². The first-order valence-electron chi connectivity index (χ1n) is 5.13. The number of benzene rings is 1. The quantitative estimate of drug-likeness (QED) is 0.769. The summed E-state index contributed by atoms with van der Waals surface area (Å²) in [5.41, 5.74) is 1.02. The van der Waals surface area contributed by atoms with Crippen LogP contribution in [0.1, 0.15) is 19.9 Å². The molecule has 0 spiro atoms. The number of H-pyrrole nitrogens is 1. The van der Waals surface area contributed by atoms with Crippen LogP contribution < -0.4 is 0 Å². The van der Waals surface area contributed by atoms with Crippen LogP contribution in [-0.2, 0) is 0 Å². The Labute approximate surface area is 122 Å². The van der Waals surface area contributed by atoms with Gasteiger partial charge in [-0.1, -0.05) is 15.9 Å². The molecule has 0 radical (unpaired) electrons. The van der Waals surface area contributed by atoms with Crippen LogP contribution in [0.5, 0.6) is 0 Å². The van der Waals surface area contributed by atoms with E-state index in [0.717, 1.165) is 20.3 Å². The predicted octanol–water partition coefficient (Wildman–Crippen LogP) is 4.71. The predicted molar refractivity (Wildman–Crippen MR) is 78.6 cm³/mol. The van der Waals surface area contributed by atoms with Gasteiger partial charge in [0.15, 0.2) is 10.6 Å². The van der Waals surface area contributed by atoms with Crippen LogP contribution in [0.4, 0.5) is 0 Å². The minimum absolute atomic E-state index is 0.270. The smallest absolute Gasteiger partial charge is 0.195 e. The lowest BCUT2D eigenvalue weighted by Gasteiger charge is -2.11. The lowest BCUT2D eigenvalue weighted by molar-refractivity contribution is 0.597. The van der Waals surface area contributed by atoms with Gasteiger partial charge in [0.05, 0.1) is 0 Å². The van der Waals surface area contributed by atoms with Gasteiger partial charge in [-0.2, -0.15) is 5.10 Å². The van der Waals surface area contributed by atoms with Gasteiger partial charge >= 0.3 is 0 Å². The summed E-state index contributed by atoms with van der Waals surface area (Å²) in [6.07, 6.45) is 0. The van der Waals surface area contributed by atoms with E-state index in [9.17, 15) is 0 Å². The Morgan fingerprint density at radius 3 is 2.65 bits per heavy atom. The maximum absolute atomic E-state index is 5.24. The molecule has 0 unspecified atom stereocenters. The first-order valence-corrected chi connectivity index (χ1v) is 7.12. The van der Waals surface area contributed by atoms with Crippen LogP contribution in [0.15, 0.2) is 27.1 Å². The molecular formula is C11H11Br2N3S. The molecule has 0 amide bonds. The number of nitrogens with zero attached hydrogens (tertiary/aromatic N) is 2. The number of nitrogens with one attached hydrogen (secondary N) is 1. The molecule has 0 saturated carbocycles. The minimum Gasteiger partial charge on any atom is -0.298 e. The van der Waals surface area contributed by atoms with Crippen LogP contribution in [0.25, 0.3) is 11.4 Å². The highest BCUT2D eigenvalue weighted by atomic mass is 79.9. The highest BCUT2D eigenvalue weighted by Crippen LogP contribution is 2.30. The average molecular weight is 377 g/mol. The molecular weight excluding hydrogens is 366 g/mol. The molecule has 2 aromatic rings. The molecule has 3 nitrogen and oxygen atoms in total. The van der Waals surface area contributed by atoms with Crippen LogP contribution in [0.2, 0.25) is 0 Å². The topological polar surface area (TPSA) is 33.6 Å². The van der Waals surface area contributed by atoms with Gasteiger partial charge in [0.2, 0.25) is 0 Å². The lowest BCUT2D eigenvalue weighted by Crippen LogP contribution is -2.03. The van der Waals surface area contributed by atoms with E-state index in [0.29, 0.717) is 4.77 Å². The second-order valence-corrected chi connectivity index (χ2v) is 6.10. The third-order valence-corrected chi connectivity index (χ3v) is 3.83. The SMILES string of the molecule is CC(C)n1c(-c2ccc(Br)cc2Br)n[nH]c1=S. The van der Waals surface area contributed by atoms with Crippen molar-refractivity contribution in [2.75, 3.05) is 0 Å². The summed E-state index contributed by atoms with van der Waals surface area (Å²) in [6.45, 7) is 4.17. The molecule has 1 aromatic carbocycles. The molecule has 0 aliphatic rings. The fourth-order valence-electron chi connectivity index (χ4n) is 1.64. The van der Waals surface area contributed by atoms with E-state index in [1.165, 1.54) is 0 Å². The van der Waals surface area contributed by atoms with Crippen molar-refractivity contribution in [3.63, 3.8) is 0 Å². The van der Waals surface area contributed by atoms with Crippen molar-refractivity contribution in [3.8, 4) is 11.4 Å². The summed E-state index contributed by atoms with van der Waals surface area (Å²) < 4.78 is 4.66. The van der Waals surface area contributed by atoms with E-state index >= 15 is 0 Å². The van der Waals surface area contributed by atoms with Crippen molar-refractivity contribution in [2.45, 2.75) is 19.9 Å². The Morgan fingerprint density at radius 1 is 1.35 bits per heavy atom. The minimum atomic E-state index is 0.270. The number of halogens is 2. The molecule has 0 bridgehead atoms. The van der Waals surface area contributed by atoms with Gasteiger partial charge < -0.3 is 0 Å². The largest absolute Gasteiger partial charge is 0.298 e. The third kappa shape index (κ3) is 2.53. The van der Waals surface area contributed by atoms with Gasteiger partial charge in [-0.05, 0) is 60.2 Å². The van der Waals surface area contributed by atoms with Crippen LogP contribution >= 0.6 is 44.1 Å². The molecule has 90 valence electrons. The fourth-order valence-corrected chi connectivity index (χ4v) is 3.21. The van der Waals surface area contributed by atoms with Gasteiger partial charge in [0, 0.05) is 20.6 Å².